The molecular formula is C22H25N3O5S. The van der Waals surface area contributed by atoms with Crippen LogP contribution in [0.3, 0.4) is 0 Å². The largest absolute Gasteiger partial charge is 0.493 e. The van der Waals surface area contributed by atoms with Crippen LogP contribution in [0.25, 0.3) is 11.0 Å². The van der Waals surface area contributed by atoms with E-state index in [0.717, 1.165) is 5.52 Å². The van der Waals surface area contributed by atoms with Crippen molar-refractivity contribution in [3.05, 3.63) is 42.0 Å². The second-order valence-electron chi connectivity index (χ2n) is 6.47. The molecule has 0 spiro atoms. The molecule has 1 heterocycles. The molecule has 2 aromatic carbocycles. The van der Waals surface area contributed by atoms with E-state index in [2.05, 4.69) is 10.3 Å². The summed E-state index contributed by atoms with van der Waals surface area (Å²) in [6.07, 6.45) is 0. The van der Waals surface area contributed by atoms with E-state index in [1.807, 2.05) is 17.6 Å². The van der Waals surface area contributed by atoms with E-state index in [-0.39, 0.29) is 17.6 Å². The molecule has 3 rings (SSSR count). The summed E-state index contributed by atoms with van der Waals surface area (Å²) >= 11 is 1.33. The van der Waals surface area contributed by atoms with Crippen LogP contribution >= 0.6 is 11.8 Å². The lowest BCUT2D eigenvalue weighted by atomic mass is 10.2. The number of aryl methyl sites for hydroxylation is 1. The Labute approximate surface area is 184 Å². The fourth-order valence-electron chi connectivity index (χ4n) is 3.11. The first-order chi connectivity index (χ1) is 15.0. The number of esters is 1. The van der Waals surface area contributed by atoms with Gasteiger partial charge >= 0.3 is 5.97 Å². The number of nitrogens with zero attached hydrogens (tertiary/aromatic N) is 2. The molecule has 3 aromatic rings. The van der Waals surface area contributed by atoms with Gasteiger partial charge in [-0.25, -0.2) is 9.78 Å². The molecule has 9 heteroatoms. The van der Waals surface area contributed by atoms with Crippen LogP contribution in [0.4, 0.5) is 5.69 Å². The highest BCUT2D eigenvalue weighted by molar-refractivity contribution is 7.99. The van der Waals surface area contributed by atoms with E-state index < -0.39 is 0 Å². The van der Waals surface area contributed by atoms with Gasteiger partial charge in [-0.1, -0.05) is 11.8 Å². The Morgan fingerprint density at radius 1 is 1.06 bits per heavy atom. The SMILES string of the molecule is CCOC(=O)c1ccc2c(c1)nc(SCC(=O)Nc1ccc(OC)c(OC)c1)n2CC. The van der Waals surface area contributed by atoms with Gasteiger partial charge in [0, 0.05) is 18.3 Å². The van der Waals surface area contributed by atoms with Gasteiger partial charge in [-0.15, -0.1) is 0 Å². The number of imidazole rings is 1. The van der Waals surface area contributed by atoms with Crippen LogP contribution in [0.2, 0.25) is 0 Å². The van der Waals surface area contributed by atoms with E-state index in [1.165, 1.54) is 11.8 Å². The smallest absolute Gasteiger partial charge is 0.338 e. The van der Waals surface area contributed by atoms with E-state index in [0.29, 0.717) is 46.6 Å². The average molecular weight is 444 g/mol. The van der Waals surface area contributed by atoms with Crippen molar-refractivity contribution in [3.8, 4) is 11.5 Å². The second kappa shape index (κ2) is 10.2. The number of amides is 1. The standard InChI is InChI=1S/C22H25N3O5S/c1-5-25-17-9-7-14(21(27)30-6-2)11-16(17)24-22(25)31-13-20(26)23-15-8-10-18(28-3)19(12-15)29-4/h7-12H,5-6,13H2,1-4H3,(H,23,26). The maximum atomic E-state index is 12.5. The number of methoxy groups -OCH3 is 2. The number of thioether (sulfide) groups is 1. The Hall–Kier alpha value is -3.20. The highest BCUT2D eigenvalue weighted by atomic mass is 32.2. The monoisotopic (exact) mass is 443 g/mol. The van der Waals surface area contributed by atoms with Crippen LogP contribution in [0.1, 0.15) is 24.2 Å². The number of rotatable bonds is 9. The van der Waals surface area contributed by atoms with Crippen LogP contribution in [0.15, 0.2) is 41.6 Å². The predicted octanol–water partition coefficient (Wildman–Crippen LogP) is 3.98. The van der Waals surface area contributed by atoms with Crippen LogP contribution in [0, 0.1) is 0 Å². The number of hydrogen-bond acceptors (Lipinski definition) is 7. The molecule has 1 amide bonds. The Kier molecular flexibility index (Phi) is 7.41. The van der Waals surface area contributed by atoms with Gasteiger partial charge in [-0.3, -0.25) is 4.79 Å². The third-order valence-electron chi connectivity index (χ3n) is 4.54. The number of fused-ring (bicyclic) bond motifs is 1. The minimum Gasteiger partial charge on any atom is -0.493 e. The van der Waals surface area contributed by atoms with Gasteiger partial charge in [0.2, 0.25) is 5.91 Å². The highest BCUT2D eigenvalue weighted by Crippen LogP contribution is 2.30. The molecule has 0 atom stereocenters. The third kappa shape index (κ3) is 5.11. The summed E-state index contributed by atoms with van der Waals surface area (Å²) in [6.45, 7) is 4.78. The summed E-state index contributed by atoms with van der Waals surface area (Å²) < 4.78 is 17.5. The number of nitrogens with one attached hydrogen (secondary N) is 1. The number of carbonyl (C=O) groups excluding carboxylic acids is 2. The van der Waals surface area contributed by atoms with Crippen molar-refractivity contribution in [2.75, 3.05) is 31.9 Å². The molecule has 8 nitrogen and oxygen atoms in total. The lowest BCUT2D eigenvalue weighted by Gasteiger charge is -2.10. The average Bonchev–Trinajstić information content (AvgIpc) is 3.14. The number of anilines is 1. The summed E-state index contributed by atoms with van der Waals surface area (Å²) in [5, 5.41) is 3.56. The second-order valence-corrected chi connectivity index (χ2v) is 7.41. The van der Waals surface area contributed by atoms with E-state index in [9.17, 15) is 9.59 Å². The van der Waals surface area contributed by atoms with E-state index in [4.69, 9.17) is 14.2 Å². The summed E-state index contributed by atoms with van der Waals surface area (Å²) in [4.78, 5) is 29.1. The molecule has 0 unspecified atom stereocenters. The molecule has 0 aliphatic heterocycles. The summed E-state index contributed by atoms with van der Waals surface area (Å²) in [5.74, 6) is 0.771. The van der Waals surface area contributed by atoms with Crippen molar-refractivity contribution >= 4 is 40.4 Å². The lowest BCUT2D eigenvalue weighted by Crippen LogP contribution is -2.14. The van der Waals surface area contributed by atoms with Gasteiger partial charge in [-0.2, -0.15) is 0 Å². The molecule has 0 saturated carbocycles. The third-order valence-corrected chi connectivity index (χ3v) is 5.52. The zero-order valence-electron chi connectivity index (χ0n) is 17.9. The Morgan fingerprint density at radius 2 is 1.84 bits per heavy atom. The first-order valence-electron chi connectivity index (χ1n) is 9.82. The van der Waals surface area contributed by atoms with Gasteiger partial charge in [0.05, 0.1) is 43.2 Å². The minimum absolute atomic E-state index is 0.167. The highest BCUT2D eigenvalue weighted by Gasteiger charge is 2.15. The molecule has 1 N–H and O–H groups in total. The summed E-state index contributed by atoms with van der Waals surface area (Å²) in [7, 11) is 3.10. The fraction of sp³-hybridized carbons (Fsp3) is 0.318. The first kappa shape index (κ1) is 22.5. The normalized spacial score (nSPS) is 10.7. The van der Waals surface area contributed by atoms with Crippen LogP contribution in [-0.4, -0.2) is 48.0 Å². The minimum atomic E-state index is -0.376. The fourth-order valence-corrected chi connectivity index (χ4v) is 3.98. The summed E-state index contributed by atoms with van der Waals surface area (Å²) in [6, 6.07) is 10.5. The zero-order chi connectivity index (χ0) is 22.4. The maximum Gasteiger partial charge on any atom is 0.338 e. The van der Waals surface area contributed by atoms with Gasteiger partial charge < -0.3 is 24.1 Å². The topological polar surface area (TPSA) is 91.7 Å². The van der Waals surface area contributed by atoms with Crippen molar-refractivity contribution in [2.24, 2.45) is 0 Å². The predicted molar refractivity (Wildman–Crippen MR) is 120 cm³/mol. The van der Waals surface area contributed by atoms with E-state index in [1.54, 1.807) is 51.5 Å². The van der Waals surface area contributed by atoms with Crippen molar-refractivity contribution < 1.29 is 23.8 Å². The van der Waals surface area contributed by atoms with Gasteiger partial charge in [0.15, 0.2) is 16.7 Å². The number of benzene rings is 2. The molecule has 0 aliphatic rings. The van der Waals surface area contributed by atoms with Crippen LogP contribution < -0.4 is 14.8 Å². The van der Waals surface area contributed by atoms with Gasteiger partial charge in [-0.05, 0) is 44.2 Å². The Morgan fingerprint density at radius 3 is 2.52 bits per heavy atom. The maximum absolute atomic E-state index is 12.5. The Bertz CT molecular complexity index is 1100. The van der Waals surface area contributed by atoms with E-state index >= 15 is 0 Å². The van der Waals surface area contributed by atoms with Crippen LogP contribution in [-0.2, 0) is 16.1 Å². The molecule has 0 aliphatic carbocycles. The van der Waals surface area contributed by atoms with Crippen molar-refractivity contribution in [3.63, 3.8) is 0 Å². The molecular weight excluding hydrogens is 418 g/mol. The zero-order valence-corrected chi connectivity index (χ0v) is 18.7. The molecule has 0 fully saturated rings. The van der Waals surface area contributed by atoms with Crippen LogP contribution in [0.5, 0.6) is 11.5 Å². The molecule has 31 heavy (non-hydrogen) atoms. The van der Waals surface area contributed by atoms with Gasteiger partial charge in [0.25, 0.3) is 0 Å². The van der Waals surface area contributed by atoms with Crippen molar-refractivity contribution in [1.82, 2.24) is 9.55 Å². The number of carbonyl (C=O) groups is 2. The van der Waals surface area contributed by atoms with Gasteiger partial charge in [0.1, 0.15) is 0 Å². The van der Waals surface area contributed by atoms with Crippen molar-refractivity contribution in [1.29, 1.82) is 0 Å². The lowest BCUT2D eigenvalue weighted by molar-refractivity contribution is -0.113. The summed E-state index contributed by atoms with van der Waals surface area (Å²) in [5.41, 5.74) is 2.66. The Balaban J connectivity index is 1.72. The van der Waals surface area contributed by atoms with Crippen molar-refractivity contribution in [2.45, 2.75) is 25.5 Å². The number of aromatic nitrogens is 2. The quantitative estimate of drug-likeness (QED) is 0.395. The molecule has 0 radical (unpaired) electrons. The number of hydrogen-bond donors (Lipinski definition) is 1. The molecule has 0 bridgehead atoms. The molecule has 1 aromatic heterocycles. The number of ether oxygens (including phenoxy) is 3. The first-order valence-corrected chi connectivity index (χ1v) is 10.8. The molecule has 0 saturated heterocycles. The molecule has 164 valence electrons.